The lowest BCUT2D eigenvalue weighted by atomic mass is 10.1. The van der Waals surface area contributed by atoms with Gasteiger partial charge >= 0.3 is 0 Å². The van der Waals surface area contributed by atoms with Gasteiger partial charge in [0.05, 0.1) is 5.02 Å². The Hall–Kier alpha value is -1.88. The molecular formula is C16H19ClN4O. The Kier molecular flexibility index (Phi) is 4.16. The first-order chi connectivity index (χ1) is 10.7. The Balaban J connectivity index is 2.15. The van der Waals surface area contributed by atoms with E-state index in [2.05, 4.69) is 15.3 Å². The Bertz CT molecular complexity index is 711. The number of nitrogens with zero attached hydrogens (tertiary/aromatic N) is 3. The summed E-state index contributed by atoms with van der Waals surface area (Å²) in [6.45, 7) is 5.19. The van der Waals surface area contributed by atoms with E-state index >= 15 is 0 Å². The number of halogens is 1. The summed E-state index contributed by atoms with van der Waals surface area (Å²) in [5.41, 5.74) is 1.02. The number of carbonyl (C=O) groups excluding carboxylic acids is 1. The summed E-state index contributed by atoms with van der Waals surface area (Å²) in [6, 6.07) is 4.03. The third kappa shape index (κ3) is 2.73. The van der Waals surface area contributed by atoms with Crippen molar-refractivity contribution < 1.29 is 4.79 Å². The second kappa shape index (κ2) is 6.08. The van der Waals surface area contributed by atoms with Crippen LogP contribution in [0.1, 0.15) is 37.0 Å². The molecule has 3 rings (SSSR count). The molecule has 0 unspecified atom stereocenters. The number of fused-ring (bicyclic) bond motifs is 1. The molecule has 1 fully saturated rings. The number of pyridine rings is 2. The van der Waals surface area contributed by atoms with Crippen molar-refractivity contribution in [3.8, 4) is 0 Å². The molecule has 0 atom stereocenters. The lowest BCUT2D eigenvalue weighted by molar-refractivity contribution is 0.0774. The van der Waals surface area contributed by atoms with Gasteiger partial charge in [-0.25, -0.2) is 9.97 Å². The maximum atomic E-state index is 12.8. The van der Waals surface area contributed by atoms with Crippen LogP contribution in [0, 0.1) is 0 Å². The summed E-state index contributed by atoms with van der Waals surface area (Å²) in [7, 11) is 0. The number of hydrogen-bond donors (Lipinski definition) is 1. The Morgan fingerprint density at radius 1 is 1.41 bits per heavy atom. The largest absolute Gasteiger partial charge is 0.367 e. The molecule has 22 heavy (non-hydrogen) atoms. The van der Waals surface area contributed by atoms with Gasteiger partial charge in [0.2, 0.25) is 0 Å². The van der Waals surface area contributed by atoms with Gasteiger partial charge in [-0.2, -0.15) is 0 Å². The van der Waals surface area contributed by atoms with Crippen LogP contribution in [0.4, 0.5) is 5.82 Å². The van der Waals surface area contributed by atoms with Crippen molar-refractivity contribution in [2.24, 2.45) is 0 Å². The van der Waals surface area contributed by atoms with E-state index in [0.29, 0.717) is 46.6 Å². The first kappa shape index (κ1) is 15.0. The summed E-state index contributed by atoms with van der Waals surface area (Å²) in [4.78, 5) is 23.4. The fourth-order valence-corrected chi connectivity index (χ4v) is 2.77. The molecule has 1 amide bonds. The van der Waals surface area contributed by atoms with Crippen molar-refractivity contribution in [2.75, 3.05) is 18.4 Å². The molecule has 0 aromatic carbocycles. The van der Waals surface area contributed by atoms with Crippen molar-refractivity contribution in [3.05, 3.63) is 28.9 Å². The number of anilines is 1. The predicted octanol–water partition coefficient (Wildman–Crippen LogP) is 3.34. The van der Waals surface area contributed by atoms with Gasteiger partial charge in [0.25, 0.3) is 5.91 Å². The summed E-state index contributed by atoms with van der Waals surface area (Å²) in [5, 5.41) is 4.46. The quantitative estimate of drug-likeness (QED) is 0.918. The highest BCUT2D eigenvalue weighted by Gasteiger charge is 2.28. The number of carbonyl (C=O) groups is 1. The minimum atomic E-state index is -0.0867. The smallest absolute Gasteiger partial charge is 0.259 e. The molecule has 116 valence electrons. The highest BCUT2D eigenvalue weighted by atomic mass is 35.5. The molecule has 0 aliphatic heterocycles. The number of amides is 1. The zero-order chi connectivity index (χ0) is 15.7. The molecule has 1 saturated carbocycles. The average Bonchev–Trinajstić information content (AvgIpc) is 3.32. The summed E-state index contributed by atoms with van der Waals surface area (Å²) in [6.07, 6.45) is 3.87. The maximum Gasteiger partial charge on any atom is 0.259 e. The number of hydrogen-bond acceptors (Lipinski definition) is 4. The summed E-state index contributed by atoms with van der Waals surface area (Å²) < 4.78 is 0. The van der Waals surface area contributed by atoms with Gasteiger partial charge in [-0.3, -0.25) is 4.79 Å². The minimum Gasteiger partial charge on any atom is -0.367 e. The van der Waals surface area contributed by atoms with E-state index in [1.807, 2.05) is 19.9 Å². The SMILES string of the molecule is CCN(CC)C(=O)c1c(NC2CC2)nc2ncccc2c1Cl. The third-order valence-electron chi connectivity index (χ3n) is 3.88. The average molecular weight is 319 g/mol. The maximum absolute atomic E-state index is 12.8. The van der Waals surface area contributed by atoms with E-state index in [4.69, 9.17) is 11.6 Å². The van der Waals surface area contributed by atoms with Crippen LogP contribution in [-0.2, 0) is 0 Å². The van der Waals surface area contributed by atoms with Gasteiger partial charge in [0, 0.05) is 30.7 Å². The number of nitrogens with one attached hydrogen (secondary N) is 1. The van der Waals surface area contributed by atoms with Crippen LogP contribution in [-0.4, -0.2) is 39.9 Å². The van der Waals surface area contributed by atoms with Crippen molar-refractivity contribution in [1.29, 1.82) is 0 Å². The minimum absolute atomic E-state index is 0.0867. The monoisotopic (exact) mass is 318 g/mol. The standard InChI is InChI=1S/C16H19ClN4O/c1-3-21(4-2)16(22)12-13(17)11-6-5-9-18-14(11)20-15(12)19-10-7-8-10/h5-6,9-10H,3-4,7-8H2,1-2H3,(H,18,19,20). The molecule has 0 saturated heterocycles. The fourth-order valence-electron chi connectivity index (χ4n) is 2.45. The molecule has 1 aliphatic rings. The topological polar surface area (TPSA) is 58.1 Å². The Labute approximate surface area is 134 Å². The van der Waals surface area contributed by atoms with Gasteiger partial charge in [0.1, 0.15) is 11.4 Å². The van der Waals surface area contributed by atoms with Crippen molar-refractivity contribution in [2.45, 2.75) is 32.7 Å². The molecule has 0 bridgehead atoms. The molecule has 2 aromatic heterocycles. The van der Waals surface area contributed by atoms with Crippen molar-refractivity contribution >= 4 is 34.4 Å². The van der Waals surface area contributed by atoms with E-state index in [-0.39, 0.29) is 5.91 Å². The second-order valence-electron chi connectivity index (χ2n) is 5.42. The third-order valence-corrected chi connectivity index (χ3v) is 4.27. The van der Waals surface area contributed by atoms with Gasteiger partial charge in [-0.15, -0.1) is 0 Å². The van der Waals surface area contributed by atoms with Crippen LogP contribution in [0.3, 0.4) is 0 Å². The normalized spacial score (nSPS) is 14.1. The van der Waals surface area contributed by atoms with Crippen LogP contribution in [0.25, 0.3) is 11.0 Å². The van der Waals surface area contributed by atoms with Gasteiger partial charge in [-0.05, 0) is 38.8 Å². The molecule has 1 aliphatic carbocycles. The van der Waals surface area contributed by atoms with Gasteiger partial charge < -0.3 is 10.2 Å². The molecule has 6 heteroatoms. The van der Waals surface area contributed by atoms with Gasteiger partial charge in [0.15, 0.2) is 5.65 Å². The predicted molar refractivity (Wildman–Crippen MR) is 88.4 cm³/mol. The molecule has 5 nitrogen and oxygen atoms in total. The Morgan fingerprint density at radius 3 is 2.77 bits per heavy atom. The highest BCUT2D eigenvalue weighted by Crippen LogP contribution is 2.34. The highest BCUT2D eigenvalue weighted by molar-refractivity contribution is 6.39. The van der Waals surface area contributed by atoms with E-state index < -0.39 is 0 Å². The molecule has 0 spiro atoms. The summed E-state index contributed by atoms with van der Waals surface area (Å²) in [5.74, 6) is 0.465. The zero-order valence-electron chi connectivity index (χ0n) is 12.8. The van der Waals surface area contributed by atoms with E-state index in [0.717, 1.165) is 12.8 Å². The molecular weight excluding hydrogens is 300 g/mol. The van der Waals surface area contributed by atoms with Crippen LogP contribution in [0.2, 0.25) is 5.02 Å². The van der Waals surface area contributed by atoms with Crippen molar-refractivity contribution in [1.82, 2.24) is 14.9 Å². The molecule has 1 N–H and O–H groups in total. The first-order valence-electron chi connectivity index (χ1n) is 7.65. The second-order valence-corrected chi connectivity index (χ2v) is 5.80. The van der Waals surface area contributed by atoms with Crippen molar-refractivity contribution in [3.63, 3.8) is 0 Å². The van der Waals surface area contributed by atoms with Crippen LogP contribution in [0.15, 0.2) is 18.3 Å². The van der Waals surface area contributed by atoms with Crippen LogP contribution >= 0.6 is 11.6 Å². The Morgan fingerprint density at radius 2 is 2.14 bits per heavy atom. The van der Waals surface area contributed by atoms with Gasteiger partial charge in [-0.1, -0.05) is 11.6 Å². The lowest BCUT2D eigenvalue weighted by Crippen LogP contribution is -2.31. The van der Waals surface area contributed by atoms with E-state index in [1.165, 1.54) is 0 Å². The molecule has 2 heterocycles. The molecule has 0 radical (unpaired) electrons. The first-order valence-corrected chi connectivity index (χ1v) is 8.03. The number of aromatic nitrogens is 2. The van der Waals surface area contributed by atoms with E-state index in [9.17, 15) is 4.79 Å². The van der Waals surface area contributed by atoms with E-state index in [1.54, 1.807) is 17.2 Å². The van der Waals surface area contributed by atoms with Crippen LogP contribution in [0.5, 0.6) is 0 Å². The number of rotatable bonds is 5. The van der Waals surface area contributed by atoms with Crippen LogP contribution < -0.4 is 5.32 Å². The molecule has 2 aromatic rings. The summed E-state index contributed by atoms with van der Waals surface area (Å²) >= 11 is 6.54. The zero-order valence-corrected chi connectivity index (χ0v) is 13.5. The fraction of sp³-hybridized carbons (Fsp3) is 0.438. The lowest BCUT2D eigenvalue weighted by Gasteiger charge is -2.21.